The molecule has 6 heteroatoms. The minimum Gasteiger partial charge on any atom is -0.490 e. The lowest BCUT2D eigenvalue weighted by Gasteiger charge is -2.13. The number of para-hydroxylation sites is 1. The molecule has 21 heavy (non-hydrogen) atoms. The Bertz CT molecular complexity index is 520. The number of hydrogen-bond donors (Lipinski definition) is 2. The van der Waals surface area contributed by atoms with Gasteiger partial charge in [-0.1, -0.05) is 12.1 Å². The Balaban J connectivity index is 1.69. The summed E-state index contributed by atoms with van der Waals surface area (Å²) < 4.78 is 18.5. The standard InChI is InChI=1S/C15H18FNO4/c16-12-3-1-2-4-13(12)21-8-7-14(18)17-11-6-5-10(9-11)15(19)20/h1-4,10-11H,5-9H2,(H,17,18)(H,19,20). The third-order valence-electron chi connectivity index (χ3n) is 3.57. The third-order valence-corrected chi connectivity index (χ3v) is 3.57. The van der Waals surface area contributed by atoms with Crippen molar-refractivity contribution in [2.45, 2.75) is 31.7 Å². The van der Waals surface area contributed by atoms with Crippen LogP contribution in [-0.2, 0) is 9.59 Å². The second kappa shape index (κ2) is 7.06. The number of benzene rings is 1. The maximum Gasteiger partial charge on any atom is 0.306 e. The second-order valence-corrected chi connectivity index (χ2v) is 5.14. The van der Waals surface area contributed by atoms with Crippen molar-refractivity contribution in [2.24, 2.45) is 5.92 Å². The van der Waals surface area contributed by atoms with E-state index in [9.17, 15) is 14.0 Å². The summed E-state index contributed by atoms with van der Waals surface area (Å²) in [4.78, 5) is 22.5. The lowest BCUT2D eigenvalue weighted by molar-refractivity contribution is -0.141. The third kappa shape index (κ3) is 4.44. The van der Waals surface area contributed by atoms with E-state index >= 15 is 0 Å². The molecule has 1 aliphatic rings. The van der Waals surface area contributed by atoms with E-state index in [1.165, 1.54) is 12.1 Å². The molecule has 1 aliphatic carbocycles. The normalized spacial score (nSPS) is 21.0. The summed E-state index contributed by atoms with van der Waals surface area (Å²) in [7, 11) is 0. The number of ether oxygens (including phenoxy) is 1. The number of rotatable bonds is 6. The summed E-state index contributed by atoms with van der Waals surface area (Å²) in [5.74, 6) is -1.72. The summed E-state index contributed by atoms with van der Waals surface area (Å²) >= 11 is 0. The van der Waals surface area contributed by atoms with Crippen molar-refractivity contribution in [1.82, 2.24) is 5.32 Å². The predicted octanol–water partition coefficient (Wildman–Crippen LogP) is 1.96. The number of carboxylic acid groups (broad SMARTS) is 1. The molecule has 0 spiro atoms. The van der Waals surface area contributed by atoms with Gasteiger partial charge in [0.1, 0.15) is 0 Å². The first-order chi connectivity index (χ1) is 10.1. The van der Waals surface area contributed by atoms with Crippen LogP contribution in [-0.4, -0.2) is 29.6 Å². The molecule has 0 radical (unpaired) electrons. The maximum atomic E-state index is 13.3. The van der Waals surface area contributed by atoms with Gasteiger partial charge in [-0.25, -0.2) is 4.39 Å². The minimum absolute atomic E-state index is 0.0852. The van der Waals surface area contributed by atoms with Gasteiger partial charge in [0.05, 0.1) is 18.9 Å². The molecule has 0 saturated heterocycles. The maximum absolute atomic E-state index is 13.3. The first-order valence-electron chi connectivity index (χ1n) is 6.95. The molecule has 5 nitrogen and oxygen atoms in total. The average Bonchev–Trinajstić information content (AvgIpc) is 2.89. The van der Waals surface area contributed by atoms with Crippen molar-refractivity contribution < 1.29 is 23.8 Å². The Hall–Kier alpha value is -2.11. The molecular formula is C15H18FNO4. The molecule has 2 unspecified atom stereocenters. The number of hydrogen-bond acceptors (Lipinski definition) is 3. The summed E-state index contributed by atoms with van der Waals surface area (Å²) in [5.41, 5.74) is 0. The van der Waals surface area contributed by atoms with Crippen LogP contribution >= 0.6 is 0 Å². The molecule has 0 bridgehead atoms. The molecule has 1 aromatic rings. The first-order valence-corrected chi connectivity index (χ1v) is 6.95. The zero-order chi connectivity index (χ0) is 15.2. The zero-order valence-electron chi connectivity index (χ0n) is 11.5. The van der Waals surface area contributed by atoms with Gasteiger partial charge in [0.25, 0.3) is 0 Å². The van der Waals surface area contributed by atoms with Crippen molar-refractivity contribution in [2.75, 3.05) is 6.61 Å². The molecule has 2 rings (SSSR count). The SMILES string of the molecule is O=C(CCOc1ccccc1F)NC1CCC(C(=O)O)C1. The molecule has 1 fully saturated rings. The molecular weight excluding hydrogens is 277 g/mol. The Morgan fingerprint density at radius 1 is 1.33 bits per heavy atom. The molecule has 0 heterocycles. The molecule has 1 amide bonds. The molecule has 2 atom stereocenters. The van der Waals surface area contributed by atoms with Gasteiger partial charge in [-0.05, 0) is 31.4 Å². The summed E-state index contributed by atoms with van der Waals surface area (Å²) in [5, 5.41) is 11.7. The topological polar surface area (TPSA) is 75.6 Å². The van der Waals surface area contributed by atoms with Gasteiger partial charge in [0, 0.05) is 6.04 Å². The van der Waals surface area contributed by atoms with Crippen molar-refractivity contribution in [3.05, 3.63) is 30.1 Å². The Morgan fingerprint density at radius 3 is 2.76 bits per heavy atom. The van der Waals surface area contributed by atoms with E-state index < -0.39 is 11.8 Å². The quantitative estimate of drug-likeness (QED) is 0.841. The van der Waals surface area contributed by atoms with Gasteiger partial charge in [-0.15, -0.1) is 0 Å². The van der Waals surface area contributed by atoms with Crippen molar-refractivity contribution >= 4 is 11.9 Å². The highest BCUT2D eigenvalue weighted by Gasteiger charge is 2.30. The number of carbonyl (C=O) groups is 2. The summed E-state index contributed by atoms with van der Waals surface area (Å²) in [6, 6.07) is 5.92. The Morgan fingerprint density at radius 2 is 2.10 bits per heavy atom. The molecule has 1 aromatic carbocycles. The lowest BCUT2D eigenvalue weighted by atomic mass is 10.1. The fourth-order valence-corrected chi connectivity index (χ4v) is 2.45. The Labute approximate surface area is 122 Å². The van der Waals surface area contributed by atoms with Crippen LogP contribution in [0, 0.1) is 11.7 Å². The van der Waals surface area contributed by atoms with Gasteiger partial charge in [-0.3, -0.25) is 9.59 Å². The van der Waals surface area contributed by atoms with E-state index in [-0.39, 0.29) is 36.6 Å². The first kappa shape index (κ1) is 15.3. The zero-order valence-corrected chi connectivity index (χ0v) is 11.5. The summed E-state index contributed by atoms with van der Waals surface area (Å²) in [6.07, 6.45) is 1.85. The van der Waals surface area contributed by atoms with Crippen LogP contribution in [0.15, 0.2) is 24.3 Å². The average molecular weight is 295 g/mol. The molecule has 2 N–H and O–H groups in total. The molecule has 1 saturated carbocycles. The van der Waals surface area contributed by atoms with E-state index in [1.807, 2.05) is 0 Å². The van der Waals surface area contributed by atoms with Gasteiger partial charge >= 0.3 is 5.97 Å². The van der Waals surface area contributed by atoms with Crippen LogP contribution in [0.3, 0.4) is 0 Å². The highest BCUT2D eigenvalue weighted by Crippen LogP contribution is 2.25. The molecule has 0 aromatic heterocycles. The minimum atomic E-state index is -0.811. The van der Waals surface area contributed by atoms with Gasteiger partial charge < -0.3 is 15.2 Å². The molecule has 0 aliphatic heterocycles. The summed E-state index contributed by atoms with van der Waals surface area (Å²) in [6.45, 7) is 0.0852. The van der Waals surface area contributed by atoms with Crippen LogP contribution in [0.5, 0.6) is 5.75 Å². The smallest absolute Gasteiger partial charge is 0.306 e. The fourth-order valence-electron chi connectivity index (χ4n) is 2.45. The van der Waals surface area contributed by atoms with Crippen LogP contribution < -0.4 is 10.1 Å². The van der Waals surface area contributed by atoms with Crippen LogP contribution in [0.2, 0.25) is 0 Å². The van der Waals surface area contributed by atoms with E-state index in [0.29, 0.717) is 19.3 Å². The number of carbonyl (C=O) groups excluding carboxylic acids is 1. The van der Waals surface area contributed by atoms with Crippen LogP contribution in [0.4, 0.5) is 4.39 Å². The van der Waals surface area contributed by atoms with Crippen molar-refractivity contribution in [1.29, 1.82) is 0 Å². The number of halogens is 1. The molecule has 114 valence electrons. The number of amides is 1. The largest absolute Gasteiger partial charge is 0.490 e. The Kier molecular flexibility index (Phi) is 5.14. The van der Waals surface area contributed by atoms with Gasteiger partial charge in [-0.2, -0.15) is 0 Å². The highest BCUT2D eigenvalue weighted by molar-refractivity contribution is 5.77. The van der Waals surface area contributed by atoms with E-state index in [1.54, 1.807) is 12.1 Å². The predicted molar refractivity (Wildman–Crippen MR) is 73.4 cm³/mol. The van der Waals surface area contributed by atoms with Gasteiger partial charge in [0.15, 0.2) is 11.6 Å². The van der Waals surface area contributed by atoms with E-state index in [4.69, 9.17) is 9.84 Å². The fraction of sp³-hybridized carbons (Fsp3) is 0.467. The van der Waals surface area contributed by atoms with Gasteiger partial charge in [0.2, 0.25) is 5.91 Å². The van der Waals surface area contributed by atoms with Crippen LogP contribution in [0.1, 0.15) is 25.7 Å². The van der Waals surface area contributed by atoms with E-state index in [0.717, 1.165) is 0 Å². The van der Waals surface area contributed by atoms with E-state index in [2.05, 4.69) is 5.32 Å². The van der Waals surface area contributed by atoms with Crippen LogP contribution in [0.25, 0.3) is 0 Å². The van der Waals surface area contributed by atoms with Crippen molar-refractivity contribution in [3.63, 3.8) is 0 Å². The number of aliphatic carboxylic acids is 1. The lowest BCUT2D eigenvalue weighted by Crippen LogP contribution is -2.34. The number of carboxylic acids is 1. The second-order valence-electron chi connectivity index (χ2n) is 5.14. The number of nitrogens with one attached hydrogen (secondary N) is 1. The monoisotopic (exact) mass is 295 g/mol. The van der Waals surface area contributed by atoms with Crippen molar-refractivity contribution in [3.8, 4) is 5.75 Å². The highest BCUT2D eigenvalue weighted by atomic mass is 19.1.